The van der Waals surface area contributed by atoms with Crippen LogP contribution in [0.5, 0.6) is 0 Å². The van der Waals surface area contributed by atoms with Gasteiger partial charge in [0.1, 0.15) is 11.9 Å². The molecular formula is C28H38FN3O5. The number of piperidine rings is 2. The molecule has 2 amide bonds. The summed E-state index contributed by atoms with van der Waals surface area (Å²) in [6, 6.07) is 5.49. The first-order valence-corrected chi connectivity index (χ1v) is 14.0. The zero-order valence-corrected chi connectivity index (χ0v) is 21.7. The maximum atomic E-state index is 14.4. The van der Waals surface area contributed by atoms with Crippen LogP contribution < -0.4 is 4.90 Å². The van der Waals surface area contributed by atoms with Crippen LogP contribution in [0.25, 0.3) is 0 Å². The Morgan fingerprint density at radius 2 is 1.97 bits per heavy atom. The van der Waals surface area contributed by atoms with Crippen LogP contribution >= 0.6 is 0 Å². The summed E-state index contributed by atoms with van der Waals surface area (Å²) in [7, 11) is 0. The molecule has 0 bridgehead atoms. The summed E-state index contributed by atoms with van der Waals surface area (Å²) in [6.45, 7) is 6.43. The predicted octanol–water partition coefficient (Wildman–Crippen LogP) is 4.30. The van der Waals surface area contributed by atoms with Crippen LogP contribution in [0.15, 0.2) is 18.2 Å². The fourth-order valence-corrected chi connectivity index (χ4v) is 7.55. The third-order valence-corrected chi connectivity index (χ3v) is 9.44. The normalized spacial score (nSPS) is 30.9. The van der Waals surface area contributed by atoms with E-state index in [2.05, 4.69) is 4.90 Å². The maximum absolute atomic E-state index is 14.4. The third-order valence-electron chi connectivity index (χ3n) is 9.44. The molecule has 6 rings (SSSR count). The van der Waals surface area contributed by atoms with E-state index in [0.29, 0.717) is 44.7 Å². The van der Waals surface area contributed by atoms with Gasteiger partial charge in [0, 0.05) is 37.0 Å². The van der Waals surface area contributed by atoms with E-state index in [1.54, 1.807) is 17.0 Å². The molecule has 1 aliphatic carbocycles. The van der Waals surface area contributed by atoms with Gasteiger partial charge in [0.15, 0.2) is 0 Å². The zero-order valence-electron chi connectivity index (χ0n) is 21.7. The van der Waals surface area contributed by atoms with E-state index in [0.717, 1.165) is 63.0 Å². The van der Waals surface area contributed by atoms with Crippen molar-refractivity contribution in [2.75, 3.05) is 50.9 Å². The fourth-order valence-electron chi connectivity index (χ4n) is 7.55. The minimum Gasteiger partial charge on any atom is -0.450 e. The van der Waals surface area contributed by atoms with Crippen molar-refractivity contribution in [2.45, 2.75) is 75.5 Å². The Balaban J connectivity index is 1.14. The Kier molecular flexibility index (Phi) is 6.77. The molecule has 5 aliphatic rings. The predicted molar refractivity (Wildman–Crippen MR) is 135 cm³/mol. The van der Waals surface area contributed by atoms with Crippen molar-refractivity contribution in [3.05, 3.63) is 29.6 Å². The number of carbonyl (C=O) groups is 2. The number of hydrogen-bond donors (Lipinski definition) is 0. The lowest BCUT2D eigenvalue weighted by atomic mass is 9.74. The Hall–Kier alpha value is -2.39. The molecule has 37 heavy (non-hydrogen) atoms. The first kappa shape index (κ1) is 24.9. The Bertz CT molecular complexity index is 1020. The van der Waals surface area contributed by atoms with Gasteiger partial charge in [0.2, 0.25) is 0 Å². The van der Waals surface area contributed by atoms with Crippen molar-refractivity contribution >= 4 is 17.9 Å². The second kappa shape index (κ2) is 10.1. The molecule has 4 atom stereocenters. The van der Waals surface area contributed by atoms with Crippen LogP contribution in [0, 0.1) is 11.7 Å². The molecule has 4 heterocycles. The smallest absolute Gasteiger partial charge is 0.414 e. The summed E-state index contributed by atoms with van der Waals surface area (Å²) in [6.07, 6.45) is 6.02. The molecule has 4 fully saturated rings. The summed E-state index contributed by atoms with van der Waals surface area (Å²) < 4.78 is 30.8. The number of benzene rings is 1. The minimum absolute atomic E-state index is 0.170. The van der Waals surface area contributed by atoms with E-state index < -0.39 is 0 Å². The number of hydrogen-bond acceptors (Lipinski definition) is 6. The number of fused-ring (bicyclic) bond motifs is 3. The van der Waals surface area contributed by atoms with E-state index in [1.165, 1.54) is 12.5 Å². The van der Waals surface area contributed by atoms with Gasteiger partial charge in [0.05, 0.1) is 25.5 Å². The SMILES string of the molecule is CCOC(=O)N1CCCC2CC(N3CCC4(CC3)CN(C(=O)O[C@@H]3CCOC3)c3ccc(F)cc34)CC21. The Morgan fingerprint density at radius 1 is 1.14 bits per heavy atom. The Morgan fingerprint density at radius 3 is 2.73 bits per heavy atom. The van der Waals surface area contributed by atoms with Crippen molar-refractivity contribution < 1.29 is 28.2 Å². The third kappa shape index (κ3) is 4.58. The number of likely N-dealkylation sites (tertiary alicyclic amines) is 2. The molecule has 202 valence electrons. The summed E-state index contributed by atoms with van der Waals surface area (Å²) in [5.41, 5.74) is 1.44. The van der Waals surface area contributed by atoms with E-state index >= 15 is 0 Å². The highest BCUT2D eigenvalue weighted by molar-refractivity contribution is 5.91. The zero-order chi connectivity index (χ0) is 25.6. The van der Waals surface area contributed by atoms with Crippen molar-refractivity contribution in [3.8, 4) is 0 Å². The van der Waals surface area contributed by atoms with Crippen molar-refractivity contribution in [2.24, 2.45) is 5.92 Å². The van der Waals surface area contributed by atoms with Gasteiger partial charge in [-0.1, -0.05) is 0 Å². The van der Waals surface area contributed by atoms with Crippen LogP contribution in [-0.4, -0.2) is 86.2 Å². The monoisotopic (exact) mass is 515 g/mol. The average Bonchev–Trinajstić information content (AvgIpc) is 3.63. The molecule has 0 N–H and O–H groups in total. The molecule has 4 aliphatic heterocycles. The molecule has 0 aromatic heterocycles. The first-order chi connectivity index (χ1) is 18.0. The van der Waals surface area contributed by atoms with Gasteiger partial charge in [-0.3, -0.25) is 4.90 Å². The van der Waals surface area contributed by atoms with Gasteiger partial charge in [-0.2, -0.15) is 0 Å². The molecule has 1 aromatic rings. The van der Waals surface area contributed by atoms with Gasteiger partial charge in [0.25, 0.3) is 0 Å². The largest absolute Gasteiger partial charge is 0.450 e. The molecule has 1 saturated carbocycles. The highest BCUT2D eigenvalue weighted by Gasteiger charge is 2.50. The van der Waals surface area contributed by atoms with E-state index in [-0.39, 0.29) is 35.6 Å². The summed E-state index contributed by atoms with van der Waals surface area (Å²) in [4.78, 5) is 31.9. The van der Waals surface area contributed by atoms with E-state index in [4.69, 9.17) is 14.2 Å². The van der Waals surface area contributed by atoms with Crippen molar-refractivity contribution in [3.63, 3.8) is 0 Å². The number of amides is 2. The quantitative estimate of drug-likeness (QED) is 0.598. The van der Waals surface area contributed by atoms with Gasteiger partial charge < -0.3 is 24.0 Å². The van der Waals surface area contributed by atoms with E-state index in [9.17, 15) is 14.0 Å². The summed E-state index contributed by atoms with van der Waals surface area (Å²) in [5.74, 6) is 0.268. The fraction of sp³-hybridized carbons (Fsp3) is 0.714. The standard InChI is InChI=1S/C28H38FN3O5/c1-2-36-26(33)31-10-3-4-19-14-21(16-25(19)31)30-11-8-28(9-12-30)18-32(24-6-5-20(29)15-23(24)28)27(34)37-22-7-13-35-17-22/h5-6,15,19,21-22,25H,2-4,7-14,16-18H2,1H3/t19?,21?,22-,25?/m1/s1. The average molecular weight is 516 g/mol. The second-order valence-electron chi connectivity index (χ2n) is 11.4. The Labute approximate surface area is 218 Å². The molecule has 8 nitrogen and oxygen atoms in total. The second-order valence-corrected chi connectivity index (χ2v) is 11.4. The molecule has 0 radical (unpaired) electrons. The van der Waals surface area contributed by atoms with Gasteiger partial charge in [-0.25, -0.2) is 14.0 Å². The number of halogens is 1. The lowest BCUT2D eigenvalue weighted by molar-refractivity contribution is 0.0633. The molecule has 1 spiro atoms. The minimum atomic E-state index is -0.360. The number of ether oxygens (including phenoxy) is 3. The van der Waals surface area contributed by atoms with Gasteiger partial charge in [-0.15, -0.1) is 0 Å². The van der Waals surface area contributed by atoms with Crippen LogP contribution in [0.2, 0.25) is 0 Å². The maximum Gasteiger partial charge on any atom is 0.414 e. The van der Waals surface area contributed by atoms with Crippen LogP contribution in [0.4, 0.5) is 19.7 Å². The van der Waals surface area contributed by atoms with E-state index in [1.807, 2.05) is 11.8 Å². The number of nitrogens with zero attached hydrogens (tertiary/aromatic N) is 3. The van der Waals surface area contributed by atoms with Crippen molar-refractivity contribution in [1.82, 2.24) is 9.80 Å². The number of carbonyl (C=O) groups excluding carboxylic acids is 2. The summed E-state index contributed by atoms with van der Waals surface area (Å²) >= 11 is 0. The topological polar surface area (TPSA) is 71.6 Å². The van der Waals surface area contributed by atoms with Crippen molar-refractivity contribution in [1.29, 1.82) is 0 Å². The number of rotatable bonds is 3. The molecule has 3 unspecified atom stereocenters. The highest BCUT2D eigenvalue weighted by Crippen LogP contribution is 2.49. The lowest BCUT2D eigenvalue weighted by Gasteiger charge is -2.42. The highest BCUT2D eigenvalue weighted by atomic mass is 19.1. The first-order valence-electron chi connectivity index (χ1n) is 14.0. The number of anilines is 1. The lowest BCUT2D eigenvalue weighted by Crippen LogP contribution is -2.49. The van der Waals surface area contributed by atoms with Gasteiger partial charge >= 0.3 is 12.2 Å². The van der Waals surface area contributed by atoms with Crippen LogP contribution in [-0.2, 0) is 19.6 Å². The summed E-state index contributed by atoms with van der Waals surface area (Å²) in [5, 5.41) is 0. The molecular weight excluding hydrogens is 477 g/mol. The molecule has 9 heteroatoms. The molecule has 1 aromatic carbocycles. The van der Waals surface area contributed by atoms with Crippen LogP contribution in [0.3, 0.4) is 0 Å². The van der Waals surface area contributed by atoms with Crippen LogP contribution in [0.1, 0.15) is 57.4 Å². The molecule has 3 saturated heterocycles. The van der Waals surface area contributed by atoms with Gasteiger partial charge in [-0.05, 0) is 88.2 Å².